The van der Waals surface area contributed by atoms with Gasteiger partial charge in [0.1, 0.15) is 0 Å². The molecule has 2 aromatic carbocycles. The third kappa shape index (κ3) is 4.18. The minimum Gasteiger partial charge on any atom is -0.325 e. The van der Waals surface area contributed by atoms with Gasteiger partial charge in [0, 0.05) is 10.7 Å². The summed E-state index contributed by atoms with van der Waals surface area (Å²) in [6, 6.07) is 13.0. The molecule has 128 valence electrons. The van der Waals surface area contributed by atoms with E-state index in [9.17, 15) is 4.79 Å². The molecule has 0 fully saturated rings. The molecule has 0 spiro atoms. The number of carbonyl (C=O) groups is 1. The summed E-state index contributed by atoms with van der Waals surface area (Å²) in [6.07, 6.45) is 0. The number of tetrazole rings is 1. The SMILES string of the molecule is Cc1cccc(NC(=O)CSc2nnnn2-c2ccc(Cl)cc2)c1C. The molecule has 1 amide bonds. The Morgan fingerprint density at radius 1 is 1.20 bits per heavy atom. The summed E-state index contributed by atoms with van der Waals surface area (Å²) in [6.45, 7) is 4.00. The number of hydrogen-bond acceptors (Lipinski definition) is 5. The lowest BCUT2D eigenvalue weighted by Gasteiger charge is -2.10. The summed E-state index contributed by atoms with van der Waals surface area (Å²) in [5, 5.41) is 15.7. The zero-order valence-electron chi connectivity index (χ0n) is 13.7. The monoisotopic (exact) mass is 373 g/mol. The highest BCUT2D eigenvalue weighted by molar-refractivity contribution is 7.99. The summed E-state index contributed by atoms with van der Waals surface area (Å²) >= 11 is 7.17. The van der Waals surface area contributed by atoms with Crippen LogP contribution in [0.1, 0.15) is 11.1 Å². The Balaban J connectivity index is 1.66. The van der Waals surface area contributed by atoms with Crippen LogP contribution in [0.3, 0.4) is 0 Å². The number of nitrogens with zero attached hydrogens (tertiary/aromatic N) is 4. The lowest BCUT2D eigenvalue weighted by molar-refractivity contribution is -0.113. The molecule has 0 bridgehead atoms. The number of aromatic nitrogens is 4. The van der Waals surface area contributed by atoms with Crippen LogP contribution in [0.2, 0.25) is 5.02 Å². The quantitative estimate of drug-likeness (QED) is 0.691. The fourth-order valence-corrected chi connectivity index (χ4v) is 3.03. The fourth-order valence-electron chi connectivity index (χ4n) is 2.22. The van der Waals surface area contributed by atoms with Crippen LogP contribution in [0.5, 0.6) is 0 Å². The van der Waals surface area contributed by atoms with Crippen molar-refractivity contribution in [1.82, 2.24) is 20.2 Å². The number of anilines is 1. The molecule has 6 nitrogen and oxygen atoms in total. The van der Waals surface area contributed by atoms with E-state index in [0.29, 0.717) is 10.2 Å². The second kappa shape index (κ2) is 7.67. The molecular formula is C17H16ClN5OS. The van der Waals surface area contributed by atoms with Gasteiger partial charge in [0.2, 0.25) is 11.1 Å². The first-order valence-corrected chi connectivity index (χ1v) is 8.94. The predicted molar refractivity (Wildman–Crippen MR) is 99.4 cm³/mol. The Kier molecular flexibility index (Phi) is 5.35. The van der Waals surface area contributed by atoms with E-state index in [0.717, 1.165) is 22.5 Å². The summed E-state index contributed by atoms with van der Waals surface area (Å²) in [7, 11) is 0. The summed E-state index contributed by atoms with van der Waals surface area (Å²) in [5.74, 6) is 0.103. The van der Waals surface area contributed by atoms with Gasteiger partial charge in [0.25, 0.3) is 0 Å². The highest BCUT2D eigenvalue weighted by Crippen LogP contribution is 2.21. The number of rotatable bonds is 5. The van der Waals surface area contributed by atoms with Crippen LogP contribution in [-0.2, 0) is 4.79 Å². The van der Waals surface area contributed by atoms with Crippen molar-refractivity contribution in [2.45, 2.75) is 19.0 Å². The fraction of sp³-hybridized carbons (Fsp3) is 0.176. The molecule has 0 atom stereocenters. The van der Waals surface area contributed by atoms with Gasteiger partial charge in [-0.05, 0) is 65.7 Å². The molecule has 0 saturated carbocycles. The Labute approximate surface area is 154 Å². The molecule has 0 aliphatic heterocycles. The van der Waals surface area contributed by atoms with Crippen molar-refractivity contribution in [1.29, 1.82) is 0 Å². The van der Waals surface area contributed by atoms with E-state index in [1.807, 2.05) is 44.2 Å². The zero-order valence-corrected chi connectivity index (χ0v) is 15.3. The highest BCUT2D eigenvalue weighted by Gasteiger charge is 2.12. The first kappa shape index (κ1) is 17.4. The van der Waals surface area contributed by atoms with Gasteiger partial charge in [0.15, 0.2) is 0 Å². The molecule has 8 heteroatoms. The van der Waals surface area contributed by atoms with Gasteiger partial charge in [0.05, 0.1) is 11.4 Å². The van der Waals surface area contributed by atoms with Gasteiger partial charge in [-0.3, -0.25) is 4.79 Å². The van der Waals surface area contributed by atoms with Gasteiger partial charge in [-0.25, -0.2) is 0 Å². The van der Waals surface area contributed by atoms with Gasteiger partial charge in [-0.1, -0.05) is 35.5 Å². The van der Waals surface area contributed by atoms with Crippen LogP contribution in [0.25, 0.3) is 5.69 Å². The molecule has 0 unspecified atom stereocenters. The first-order chi connectivity index (χ1) is 12.0. The van der Waals surface area contributed by atoms with Crippen molar-refractivity contribution in [3.8, 4) is 5.69 Å². The second-order valence-corrected chi connectivity index (χ2v) is 6.81. The Hall–Kier alpha value is -2.38. The Morgan fingerprint density at radius 2 is 1.96 bits per heavy atom. The second-order valence-electron chi connectivity index (χ2n) is 5.43. The highest BCUT2D eigenvalue weighted by atomic mass is 35.5. The Morgan fingerprint density at radius 3 is 2.72 bits per heavy atom. The molecule has 1 heterocycles. The lowest BCUT2D eigenvalue weighted by atomic mass is 10.1. The minimum absolute atomic E-state index is 0.107. The maximum Gasteiger partial charge on any atom is 0.234 e. The summed E-state index contributed by atoms with van der Waals surface area (Å²) in [5.41, 5.74) is 3.80. The molecule has 0 saturated heterocycles. The third-order valence-corrected chi connectivity index (χ3v) is 4.89. The molecule has 3 aromatic rings. The minimum atomic E-state index is -0.107. The van der Waals surface area contributed by atoms with Crippen molar-refractivity contribution in [2.75, 3.05) is 11.1 Å². The average molecular weight is 374 g/mol. The predicted octanol–water partition coefficient (Wildman–Crippen LogP) is 3.66. The molecule has 0 radical (unpaired) electrons. The molecule has 0 aliphatic rings. The zero-order chi connectivity index (χ0) is 17.8. The molecule has 1 N–H and O–H groups in total. The summed E-state index contributed by atoms with van der Waals surface area (Å²) in [4.78, 5) is 12.2. The van der Waals surface area contributed by atoms with Crippen molar-refractivity contribution in [3.05, 3.63) is 58.6 Å². The number of benzene rings is 2. The van der Waals surface area contributed by atoms with Crippen LogP contribution in [0.4, 0.5) is 5.69 Å². The standard InChI is InChI=1S/C17H16ClN5OS/c1-11-4-3-5-15(12(11)2)19-16(24)10-25-17-20-21-22-23(17)14-8-6-13(18)7-9-14/h3-9H,10H2,1-2H3,(H,19,24). The van der Waals surface area contributed by atoms with Crippen LogP contribution < -0.4 is 5.32 Å². The largest absolute Gasteiger partial charge is 0.325 e. The molecular weight excluding hydrogens is 358 g/mol. The number of halogens is 1. The van der Waals surface area contributed by atoms with Crippen LogP contribution >= 0.6 is 23.4 Å². The molecule has 0 aliphatic carbocycles. The molecule has 25 heavy (non-hydrogen) atoms. The smallest absolute Gasteiger partial charge is 0.234 e. The van der Waals surface area contributed by atoms with E-state index in [2.05, 4.69) is 20.8 Å². The number of nitrogens with one attached hydrogen (secondary N) is 1. The first-order valence-electron chi connectivity index (χ1n) is 7.58. The van der Waals surface area contributed by atoms with E-state index >= 15 is 0 Å². The average Bonchev–Trinajstić information content (AvgIpc) is 3.06. The van der Waals surface area contributed by atoms with Gasteiger partial charge < -0.3 is 5.32 Å². The van der Waals surface area contributed by atoms with Crippen LogP contribution in [0, 0.1) is 13.8 Å². The third-order valence-electron chi connectivity index (χ3n) is 3.72. The van der Waals surface area contributed by atoms with Crippen LogP contribution in [0.15, 0.2) is 47.6 Å². The maximum absolute atomic E-state index is 12.2. The number of carbonyl (C=O) groups excluding carboxylic acids is 1. The van der Waals surface area contributed by atoms with E-state index in [1.165, 1.54) is 11.8 Å². The van der Waals surface area contributed by atoms with Gasteiger partial charge in [-0.15, -0.1) is 5.10 Å². The van der Waals surface area contributed by atoms with Crippen molar-refractivity contribution >= 4 is 35.0 Å². The maximum atomic E-state index is 12.2. The van der Waals surface area contributed by atoms with Crippen molar-refractivity contribution < 1.29 is 4.79 Å². The van der Waals surface area contributed by atoms with E-state index in [1.54, 1.807) is 16.8 Å². The number of thioether (sulfide) groups is 1. The van der Waals surface area contributed by atoms with Crippen molar-refractivity contribution in [2.24, 2.45) is 0 Å². The molecule has 1 aromatic heterocycles. The van der Waals surface area contributed by atoms with E-state index < -0.39 is 0 Å². The Bertz CT molecular complexity index is 894. The summed E-state index contributed by atoms with van der Waals surface area (Å²) < 4.78 is 1.58. The lowest BCUT2D eigenvalue weighted by Crippen LogP contribution is -2.15. The number of hydrogen-bond donors (Lipinski definition) is 1. The molecule has 3 rings (SSSR count). The number of amides is 1. The normalized spacial score (nSPS) is 10.7. The van der Waals surface area contributed by atoms with Crippen LogP contribution in [-0.4, -0.2) is 31.9 Å². The van der Waals surface area contributed by atoms with Gasteiger partial charge >= 0.3 is 0 Å². The van der Waals surface area contributed by atoms with Gasteiger partial charge in [-0.2, -0.15) is 4.68 Å². The van der Waals surface area contributed by atoms with Crippen molar-refractivity contribution in [3.63, 3.8) is 0 Å². The van der Waals surface area contributed by atoms with E-state index in [4.69, 9.17) is 11.6 Å². The topological polar surface area (TPSA) is 72.7 Å². The number of aryl methyl sites for hydroxylation is 1. The van der Waals surface area contributed by atoms with E-state index in [-0.39, 0.29) is 11.7 Å².